The SMILES string of the molecule is CCCCOC(=O)c1cccc(-n2nnc(C(=O)O)c2C)c1. The number of benzene rings is 1. The first-order chi connectivity index (χ1) is 10.5. The Kier molecular flexibility index (Phi) is 4.88. The summed E-state index contributed by atoms with van der Waals surface area (Å²) in [6, 6.07) is 6.65. The molecule has 7 heteroatoms. The first-order valence-electron chi connectivity index (χ1n) is 6.97. The number of rotatable bonds is 6. The highest BCUT2D eigenvalue weighted by molar-refractivity contribution is 5.90. The van der Waals surface area contributed by atoms with E-state index in [9.17, 15) is 9.59 Å². The molecule has 7 nitrogen and oxygen atoms in total. The molecule has 2 aromatic rings. The zero-order valence-electron chi connectivity index (χ0n) is 12.4. The highest BCUT2D eigenvalue weighted by Gasteiger charge is 2.17. The molecule has 1 N–H and O–H groups in total. The van der Waals surface area contributed by atoms with E-state index in [-0.39, 0.29) is 5.69 Å². The van der Waals surface area contributed by atoms with Crippen LogP contribution in [0.5, 0.6) is 0 Å². The summed E-state index contributed by atoms with van der Waals surface area (Å²) in [6.07, 6.45) is 1.76. The summed E-state index contributed by atoms with van der Waals surface area (Å²) >= 11 is 0. The molecular weight excluding hydrogens is 286 g/mol. The summed E-state index contributed by atoms with van der Waals surface area (Å²) in [6.45, 7) is 4.00. The van der Waals surface area contributed by atoms with Gasteiger partial charge < -0.3 is 9.84 Å². The predicted molar refractivity (Wildman–Crippen MR) is 78.2 cm³/mol. The van der Waals surface area contributed by atoms with E-state index in [1.165, 1.54) is 4.68 Å². The summed E-state index contributed by atoms with van der Waals surface area (Å²) in [4.78, 5) is 22.9. The second-order valence-corrected chi connectivity index (χ2v) is 4.78. The number of aromatic nitrogens is 3. The van der Waals surface area contributed by atoms with Gasteiger partial charge in [-0.2, -0.15) is 0 Å². The number of esters is 1. The van der Waals surface area contributed by atoms with E-state index in [0.29, 0.717) is 23.6 Å². The van der Waals surface area contributed by atoms with Gasteiger partial charge in [-0.15, -0.1) is 5.10 Å². The maximum absolute atomic E-state index is 11.9. The standard InChI is InChI=1S/C15H17N3O4/c1-3-4-8-22-15(21)11-6-5-7-12(9-11)18-10(2)13(14(19)20)16-17-18/h5-7,9H,3-4,8H2,1-2H3,(H,19,20). The van der Waals surface area contributed by atoms with Crippen LogP contribution < -0.4 is 0 Å². The quantitative estimate of drug-likeness (QED) is 0.649. The Labute approximate surface area is 127 Å². The average molecular weight is 303 g/mol. The molecule has 1 heterocycles. The topological polar surface area (TPSA) is 94.3 Å². The van der Waals surface area contributed by atoms with Gasteiger partial charge in [0.1, 0.15) is 0 Å². The van der Waals surface area contributed by atoms with Crippen LogP contribution in [-0.2, 0) is 4.74 Å². The summed E-state index contributed by atoms with van der Waals surface area (Å²) in [5.41, 5.74) is 1.22. The van der Waals surface area contributed by atoms with Crippen LogP contribution in [0.15, 0.2) is 24.3 Å². The van der Waals surface area contributed by atoms with Crippen LogP contribution in [0.2, 0.25) is 0 Å². The molecular formula is C15H17N3O4. The fourth-order valence-corrected chi connectivity index (χ4v) is 1.93. The number of hydrogen-bond donors (Lipinski definition) is 1. The van der Waals surface area contributed by atoms with E-state index >= 15 is 0 Å². The molecule has 0 saturated heterocycles. The number of hydrogen-bond acceptors (Lipinski definition) is 5. The molecule has 0 bridgehead atoms. The molecule has 1 aromatic heterocycles. The van der Waals surface area contributed by atoms with E-state index in [0.717, 1.165) is 12.8 Å². The molecule has 0 spiro atoms. The molecule has 1 aromatic carbocycles. The van der Waals surface area contributed by atoms with Gasteiger partial charge in [-0.05, 0) is 31.5 Å². The first kappa shape index (κ1) is 15.7. The van der Waals surface area contributed by atoms with Crippen molar-refractivity contribution in [2.75, 3.05) is 6.61 Å². The largest absolute Gasteiger partial charge is 0.476 e. The van der Waals surface area contributed by atoms with Crippen molar-refractivity contribution in [1.29, 1.82) is 0 Å². The maximum atomic E-state index is 11.9. The lowest BCUT2D eigenvalue weighted by Crippen LogP contribution is -2.08. The molecule has 0 saturated carbocycles. The number of carbonyl (C=O) groups is 2. The van der Waals surface area contributed by atoms with E-state index in [2.05, 4.69) is 10.3 Å². The van der Waals surface area contributed by atoms with E-state index in [1.54, 1.807) is 31.2 Å². The predicted octanol–water partition coefficient (Wildman–Crippen LogP) is 2.23. The summed E-state index contributed by atoms with van der Waals surface area (Å²) in [7, 11) is 0. The van der Waals surface area contributed by atoms with Gasteiger partial charge in [0, 0.05) is 0 Å². The molecule has 0 radical (unpaired) electrons. The van der Waals surface area contributed by atoms with E-state index in [4.69, 9.17) is 9.84 Å². The number of unbranched alkanes of at least 4 members (excludes halogenated alkanes) is 1. The number of nitrogens with zero attached hydrogens (tertiary/aromatic N) is 3. The molecule has 116 valence electrons. The van der Waals surface area contributed by atoms with Crippen molar-refractivity contribution >= 4 is 11.9 Å². The average Bonchev–Trinajstić information content (AvgIpc) is 2.89. The van der Waals surface area contributed by atoms with Gasteiger partial charge >= 0.3 is 11.9 Å². The lowest BCUT2D eigenvalue weighted by molar-refractivity contribution is 0.0499. The van der Waals surface area contributed by atoms with Gasteiger partial charge in [-0.1, -0.05) is 24.6 Å². The molecule has 22 heavy (non-hydrogen) atoms. The fraction of sp³-hybridized carbons (Fsp3) is 0.333. The van der Waals surface area contributed by atoms with Crippen LogP contribution >= 0.6 is 0 Å². The third-order valence-electron chi connectivity index (χ3n) is 3.15. The van der Waals surface area contributed by atoms with Crippen molar-refractivity contribution in [2.45, 2.75) is 26.7 Å². The molecule has 0 aliphatic rings. The van der Waals surface area contributed by atoms with Crippen LogP contribution in [0.3, 0.4) is 0 Å². The van der Waals surface area contributed by atoms with Gasteiger partial charge in [0.05, 0.1) is 23.6 Å². The molecule has 0 atom stereocenters. The van der Waals surface area contributed by atoms with Gasteiger partial charge in [0.25, 0.3) is 0 Å². The molecule has 0 aliphatic heterocycles. The number of ether oxygens (including phenoxy) is 1. The van der Waals surface area contributed by atoms with Crippen LogP contribution in [0.25, 0.3) is 5.69 Å². The van der Waals surface area contributed by atoms with Crippen molar-refractivity contribution in [3.63, 3.8) is 0 Å². The minimum absolute atomic E-state index is 0.115. The van der Waals surface area contributed by atoms with Crippen LogP contribution in [0.4, 0.5) is 0 Å². The first-order valence-corrected chi connectivity index (χ1v) is 6.97. The summed E-state index contributed by atoms with van der Waals surface area (Å²) in [5.74, 6) is -1.55. The Morgan fingerprint density at radius 3 is 2.77 bits per heavy atom. The molecule has 2 rings (SSSR count). The Bertz CT molecular complexity index is 694. The van der Waals surface area contributed by atoms with E-state index in [1.807, 2.05) is 6.92 Å². The zero-order valence-corrected chi connectivity index (χ0v) is 12.4. The van der Waals surface area contributed by atoms with Gasteiger partial charge in [-0.3, -0.25) is 0 Å². The number of carbonyl (C=O) groups excluding carboxylic acids is 1. The van der Waals surface area contributed by atoms with Crippen LogP contribution in [-0.4, -0.2) is 38.6 Å². The minimum Gasteiger partial charge on any atom is -0.476 e. The fourth-order valence-electron chi connectivity index (χ4n) is 1.93. The highest BCUT2D eigenvalue weighted by Crippen LogP contribution is 2.15. The Morgan fingerprint density at radius 1 is 1.36 bits per heavy atom. The van der Waals surface area contributed by atoms with Gasteiger partial charge in [-0.25, -0.2) is 14.3 Å². The number of aromatic carboxylic acids is 1. The van der Waals surface area contributed by atoms with Crippen molar-refractivity contribution in [1.82, 2.24) is 15.0 Å². The summed E-state index contributed by atoms with van der Waals surface area (Å²) < 4.78 is 6.54. The number of carboxylic acid groups (broad SMARTS) is 1. The smallest absolute Gasteiger partial charge is 0.358 e. The lowest BCUT2D eigenvalue weighted by Gasteiger charge is -2.07. The molecule has 0 amide bonds. The van der Waals surface area contributed by atoms with Crippen molar-refractivity contribution in [2.24, 2.45) is 0 Å². The normalized spacial score (nSPS) is 10.5. The number of carboxylic acids is 1. The van der Waals surface area contributed by atoms with Crippen molar-refractivity contribution in [3.8, 4) is 5.69 Å². The molecule has 0 aliphatic carbocycles. The second-order valence-electron chi connectivity index (χ2n) is 4.78. The maximum Gasteiger partial charge on any atom is 0.358 e. The Morgan fingerprint density at radius 2 is 2.14 bits per heavy atom. The van der Waals surface area contributed by atoms with E-state index < -0.39 is 11.9 Å². The zero-order chi connectivity index (χ0) is 16.1. The highest BCUT2D eigenvalue weighted by atomic mass is 16.5. The van der Waals surface area contributed by atoms with Gasteiger partial charge in [0.2, 0.25) is 0 Å². The second kappa shape index (κ2) is 6.84. The molecule has 0 unspecified atom stereocenters. The summed E-state index contributed by atoms with van der Waals surface area (Å²) in [5, 5.41) is 16.4. The monoisotopic (exact) mass is 303 g/mol. The van der Waals surface area contributed by atoms with Crippen LogP contribution in [0, 0.1) is 6.92 Å². The lowest BCUT2D eigenvalue weighted by atomic mass is 10.2. The van der Waals surface area contributed by atoms with Crippen LogP contribution in [0.1, 0.15) is 46.3 Å². The minimum atomic E-state index is -1.14. The van der Waals surface area contributed by atoms with Crippen molar-refractivity contribution < 1.29 is 19.4 Å². The van der Waals surface area contributed by atoms with Gasteiger partial charge in [0.15, 0.2) is 5.69 Å². The van der Waals surface area contributed by atoms with Crippen molar-refractivity contribution in [3.05, 3.63) is 41.2 Å². The third-order valence-corrected chi connectivity index (χ3v) is 3.15. The molecule has 0 fully saturated rings. The Hall–Kier alpha value is -2.70. The Balaban J connectivity index is 2.25. The third kappa shape index (κ3) is 3.30.